The molecule has 4 heteroatoms. The van der Waals surface area contributed by atoms with E-state index in [1.165, 1.54) is 0 Å². The highest BCUT2D eigenvalue weighted by Crippen LogP contribution is 2.05. The molecule has 13 heavy (non-hydrogen) atoms. The van der Waals surface area contributed by atoms with Crippen molar-refractivity contribution in [3.05, 3.63) is 0 Å². The molecule has 0 aromatic carbocycles. The molecular formula is C9H17NO3. The number of hydrogen-bond donors (Lipinski definition) is 2. The van der Waals surface area contributed by atoms with E-state index in [9.17, 15) is 9.59 Å². The van der Waals surface area contributed by atoms with Crippen molar-refractivity contribution in [3.8, 4) is 0 Å². The van der Waals surface area contributed by atoms with E-state index >= 15 is 0 Å². The molecule has 0 spiro atoms. The van der Waals surface area contributed by atoms with Gasteiger partial charge in [-0.3, -0.25) is 4.79 Å². The summed E-state index contributed by atoms with van der Waals surface area (Å²) in [5.74, 6) is -0.955. The fraction of sp³-hybridized carbons (Fsp3) is 0.778. The molecule has 0 aromatic rings. The summed E-state index contributed by atoms with van der Waals surface area (Å²) in [4.78, 5) is 20.6. The lowest BCUT2D eigenvalue weighted by Crippen LogP contribution is -2.35. The third kappa shape index (κ3) is 6.13. The molecule has 0 heterocycles. The maximum Gasteiger partial charge on any atom is 0.326 e. The average Bonchev–Trinajstić information content (AvgIpc) is 2.10. The van der Waals surface area contributed by atoms with Gasteiger partial charge in [0.1, 0.15) is 6.04 Å². The van der Waals surface area contributed by atoms with Gasteiger partial charge in [-0.05, 0) is 6.42 Å². The lowest BCUT2D eigenvalue weighted by molar-refractivity contribution is -0.140. The number of carboxylic acids is 1. The molecule has 0 aliphatic carbocycles. The standard InChI is InChI=1S/C9H17NO3/c1-2-3-4-5-6-8(9(12)13)10-7-11/h7-8H,2-6H2,1H3,(H,10,11)(H,12,13). The third-order valence-electron chi connectivity index (χ3n) is 1.91. The maximum absolute atomic E-state index is 10.5. The molecule has 4 nitrogen and oxygen atoms in total. The molecule has 0 saturated carbocycles. The van der Waals surface area contributed by atoms with E-state index in [0.717, 1.165) is 25.7 Å². The monoisotopic (exact) mass is 187 g/mol. The van der Waals surface area contributed by atoms with Gasteiger partial charge in [-0.2, -0.15) is 0 Å². The highest BCUT2D eigenvalue weighted by Gasteiger charge is 2.14. The van der Waals surface area contributed by atoms with Gasteiger partial charge in [0.2, 0.25) is 6.41 Å². The van der Waals surface area contributed by atoms with Gasteiger partial charge in [-0.1, -0.05) is 32.6 Å². The number of rotatable bonds is 8. The quantitative estimate of drug-likeness (QED) is 0.442. The van der Waals surface area contributed by atoms with Crippen LogP contribution in [0.15, 0.2) is 0 Å². The molecule has 2 N–H and O–H groups in total. The maximum atomic E-state index is 10.5. The van der Waals surface area contributed by atoms with Crippen LogP contribution in [-0.4, -0.2) is 23.5 Å². The van der Waals surface area contributed by atoms with E-state index in [1.54, 1.807) is 0 Å². The molecule has 76 valence electrons. The molecule has 0 aromatic heterocycles. The number of carbonyl (C=O) groups is 2. The van der Waals surface area contributed by atoms with Crippen molar-refractivity contribution in [3.63, 3.8) is 0 Å². The number of amides is 1. The van der Waals surface area contributed by atoms with Crippen LogP contribution in [0.4, 0.5) is 0 Å². The molecule has 0 bridgehead atoms. The van der Waals surface area contributed by atoms with Gasteiger partial charge in [-0.25, -0.2) is 4.79 Å². The minimum atomic E-state index is -0.955. The molecule has 1 amide bonds. The van der Waals surface area contributed by atoms with E-state index in [4.69, 9.17) is 5.11 Å². The summed E-state index contributed by atoms with van der Waals surface area (Å²) < 4.78 is 0. The second-order valence-corrected chi connectivity index (χ2v) is 3.02. The van der Waals surface area contributed by atoms with Crippen LogP contribution in [0.5, 0.6) is 0 Å². The largest absolute Gasteiger partial charge is 0.480 e. The molecule has 0 radical (unpaired) electrons. The Balaban J connectivity index is 3.56. The zero-order valence-electron chi connectivity index (χ0n) is 7.95. The lowest BCUT2D eigenvalue weighted by atomic mass is 10.1. The third-order valence-corrected chi connectivity index (χ3v) is 1.91. The van der Waals surface area contributed by atoms with Crippen molar-refractivity contribution in [1.29, 1.82) is 0 Å². The van der Waals surface area contributed by atoms with Crippen molar-refractivity contribution in [2.75, 3.05) is 0 Å². The number of unbranched alkanes of at least 4 members (excludes halogenated alkanes) is 3. The van der Waals surface area contributed by atoms with E-state index in [2.05, 4.69) is 12.2 Å². The second kappa shape index (κ2) is 7.58. The van der Waals surface area contributed by atoms with Crippen molar-refractivity contribution in [1.82, 2.24) is 5.32 Å². The summed E-state index contributed by atoms with van der Waals surface area (Å²) >= 11 is 0. The second-order valence-electron chi connectivity index (χ2n) is 3.02. The van der Waals surface area contributed by atoms with Gasteiger partial charge in [0, 0.05) is 0 Å². The Morgan fingerprint density at radius 3 is 2.62 bits per heavy atom. The van der Waals surface area contributed by atoms with E-state index in [-0.39, 0.29) is 0 Å². The van der Waals surface area contributed by atoms with Crippen molar-refractivity contribution < 1.29 is 14.7 Å². The van der Waals surface area contributed by atoms with Gasteiger partial charge in [0.15, 0.2) is 0 Å². The normalized spacial score (nSPS) is 12.1. The summed E-state index contributed by atoms with van der Waals surface area (Å²) in [5, 5.41) is 10.9. The Kier molecular flexibility index (Phi) is 6.96. The molecule has 0 saturated heterocycles. The lowest BCUT2D eigenvalue weighted by Gasteiger charge is -2.09. The topological polar surface area (TPSA) is 66.4 Å². The Morgan fingerprint density at radius 1 is 1.46 bits per heavy atom. The Morgan fingerprint density at radius 2 is 2.15 bits per heavy atom. The highest BCUT2D eigenvalue weighted by atomic mass is 16.4. The Bertz CT molecular complexity index is 159. The number of aliphatic carboxylic acids is 1. The molecule has 0 aliphatic rings. The molecule has 0 aliphatic heterocycles. The molecule has 1 atom stereocenters. The van der Waals surface area contributed by atoms with Crippen LogP contribution in [-0.2, 0) is 9.59 Å². The van der Waals surface area contributed by atoms with Crippen LogP contribution in [0.1, 0.15) is 39.0 Å². The first-order valence-electron chi connectivity index (χ1n) is 4.64. The molecule has 0 fully saturated rings. The smallest absolute Gasteiger partial charge is 0.326 e. The molecule has 1 unspecified atom stereocenters. The first-order chi connectivity index (χ1) is 6.22. The minimum Gasteiger partial charge on any atom is -0.480 e. The Hall–Kier alpha value is -1.06. The Labute approximate surface area is 78.3 Å². The van der Waals surface area contributed by atoms with Crippen molar-refractivity contribution in [2.45, 2.75) is 45.1 Å². The zero-order chi connectivity index (χ0) is 10.1. The minimum absolute atomic E-state index is 0.443. The van der Waals surface area contributed by atoms with Gasteiger partial charge >= 0.3 is 5.97 Å². The van der Waals surface area contributed by atoms with Crippen molar-refractivity contribution in [2.24, 2.45) is 0 Å². The first kappa shape index (κ1) is 11.9. The van der Waals surface area contributed by atoms with E-state index in [1.807, 2.05) is 0 Å². The number of carboxylic acid groups (broad SMARTS) is 1. The summed E-state index contributed by atoms with van der Waals surface area (Å²) in [6.07, 6.45) is 5.09. The molecule has 0 rings (SSSR count). The van der Waals surface area contributed by atoms with Crippen LogP contribution < -0.4 is 5.32 Å². The SMILES string of the molecule is CCCCCCC(NC=O)C(=O)O. The molecular weight excluding hydrogens is 170 g/mol. The summed E-state index contributed by atoms with van der Waals surface area (Å²) in [6, 6.07) is -0.714. The van der Waals surface area contributed by atoms with Gasteiger partial charge in [0.05, 0.1) is 0 Å². The predicted molar refractivity (Wildman–Crippen MR) is 49.4 cm³/mol. The van der Waals surface area contributed by atoms with Gasteiger partial charge in [0.25, 0.3) is 0 Å². The zero-order valence-corrected chi connectivity index (χ0v) is 7.95. The van der Waals surface area contributed by atoms with Crippen LogP contribution in [0.25, 0.3) is 0 Å². The first-order valence-corrected chi connectivity index (χ1v) is 4.64. The predicted octanol–water partition coefficient (Wildman–Crippen LogP) is 1.16. The fourth-order valence-electron chi connectivity index (χ4n) is 1.14. The van der Waals surface area contributed by atoms with Gasteiger partial charge in [-0.15, -0.1) is 0 Å². The van der Waals surface area contributed by atoms with E-state index in [0.29, 0.717) is 12.8 Å². The van der Waals surface area contributed by atoms with Gasteiger partial charge < -0.3 is 10.4 Å². The van der Waals surface area contributed by atoms with Crippen LogP contribution in [0.2, 0.25) is 0 Å². The fourth-order valence-corrected chi connectivity index (χ4v) is 1.14. The van der Waals surface area contributed by atoms with Crippen LogP contribution >= 0.6 is 0 Å². The number of carbonyl (C=O) groups excluding carboxylic acids is 1. The summed E-state index contributed by atoms with van der Waals surface area (Å²) in [7, 11) is 0. The number of nitrogens with one attached hydrogen (secondary N) is 1. The highest BCUT2D eigenvalue weighted by molar-refractivity contribution is 5.76. The summed E-state index contributed by atoms with van der Waals surface area (Å²) in [5.41, 5.74) is 0. The van der Waals surface area contributed by atoms with Crippen LogP contribution in [0, 0.1) is 0 Å². The van der Waals surface area contributed by atoms with E-state index < -0.39 is 12.0 Å². The van der Waals surface area contributed by atoms with Crippen molar-refractivity contribution >= 4 is 12.4 Å². The van der Waals surface area contributed by atoms with Crippen LogP contribution in [0.3, 0.4) is 0 Å². The number of hydrogen-bond acceptors (Lipinski definition) is 2. The summed E-state index contributed by atoms with van der Waals surface area (Å²) in [6.45, 7) is 2.10. The average molecular weight is 187 g/mol.